The molecule has 0 amide bonds. The minimum atomic E-state index is -1.71. The van der Waals surface area contributed by atoms with Crippen LogP contribution < -0.4 is 0 Å². The van der Waals surface area contributed by atoms with E-state index in [-0.39, 0.29) is 6.42 Å². The molecule has 31 heavy (non-hydrogen) atoms. The normalized spacial score (nSPS) is 15.4. The molecule has 7 heteroatoms. The Morgan fingerprint density at radius 1 is 0.645 bits per heavy atom. The highest BCUT2D eigenvalue weighted by molar-refractivity contribution is 5.69. The molecule has 0 aromatic carbocycles. The van der Waals surface area contributed by atoms with Gasteiger partial charge in [0.15, 0.2) is 6.10 Å². The van der Waals surface area contributed by atoms with Gasteiger partial charge in [0.2, 0.25) is 0 Å². The van der Waals surface area contributed by atoms with E-state index in [0.29, 0.717) is 6.42 Å². The zero-order valence-corrected chi connectivity index (χ0v) is 19.6. The van der Waals surface area contributed by atoms with Gasteiger partial charge in [0.05, 0.1) is 13.2 Å². The topological polar surface area (TPSA) is 127 Å². The predicted molar refractivity (Wildman–Crippen MR) is 122 cm³/mol. The van der Waals surface area contributed by atoms with Gasteiger partial charge in [0.1, 0.15) is 18.3 Å². The fraction of sp³-hybridized carbons (Fsp3) is 0.958. The predicted octanol–water partition coefficient (Wildman–Crippen LogP) is 3.23. The van der Waals surface area contributed by atoms with Crippen LogP contribution >= 0.6 is 0 Å². The Morgan fingerprint density at radius 2 is 1.06 bits per heavy atom. The second-order valence-corrected chi connectivity index (χ2v) is 8.64. The van der Waals surface area contributed by atoms with Crippen LogP contribution in [0.4, 0.5) is 0 Å². The maximum atomic E-state index is 11.9. The lowest BCUT2D eigenvalue weighted by Crippen LogP contribution is -2.48. The second-order valence-electron chi connectivity index (χ2n) is 8.64. The first-order valence-corrected chi connectivity index (χ1v) is 12.4. The number of hydrogen-bond acceptors (Lipinski definition) is 7. The van der Waals surface area contributed by atoms with Crippen molar-refractivity contribution in [2.75, 3.05) is 13.2 Å². The van der Waals surface area contributed by atoms with Gasteiger partial charge in [0.25, 0.3) is 0 Å². The van der Waals surface area contributed by atoms with Crippen molar-refractivity contribution in [1.29, 1.82) is 0 Å². The molecule has 0 spiro atoms. The highest BCUT2D eigenvalue weighted by atomic mass is 16.6. The monoisotopic (exact) mass is 448 g/mol. The van der Waals surface area contributed by atoms with Crippen molar-refractivity contribution >= 4 is 5.97 Å². The van der Waals surface area contributed by atoms with Crippen molar-refractivity contribution in [3.05, 3.63) is 0 Å². The van der Waals surface area contributed by atoms with E-state index < -0.39 is 43.6 Å². The average Bonchev–Trinajstić information content (AvgIpc) is 2.78. The highest BCUT2D eigenvalue weighted by Gasteiger charge is 2.33. The van der Waals surface area contributed by atoms with Crippen LogP contribution in [-0.4, -0.2) is 69.1 Å². The molecule has 0 aliphatic carbocycles. The van der Waals surface area contributed by atoms with Gasteiger partial charge >= 0.3 is 5.97 Å². The van der Waals surface area contributed by atoms with E-state index in [2.05, 4.69) is 6.92 Å². The zero-order chi connectivity index (χ0) is 23.3. The first-order valence-electron chi connectivity index (χ1n) is 12.4. The largest absolute Gasteiger partial charge is 0.457 e. The number of rotatable bonds is 22. The lowest BCUT2D eigenvalue weighted by molar-refractivity contribution is -0.171. The second kappa shape index (κ2) is 21.1. The van der Waals surface area contributed by atoms with E-state index in [1.807, 2.05) is 0 Å². The fourth-order valence-electron chi connectivity index (χ4n) is 3.64. The molecule has 0 aromatic heterocycles. The maximum absolute atomic E-state index is 11.9. The van der Waals surface area contributed by atoms with Crippen molar-refractivity contribution in [3.8, 4) is 0 Å². The number of esters is 1. The number of aliphatic hydroxyl groups is 5. The molecular weight excluding hydrogens is 400 g/mol. The van der Waals surface area contributed by atoms with Crippen LogP contribution in [0.2, 0.25) is 0 Å². The highest BCUT2D eigenvalue weighted by Crippen LogP contribution is 2.14. The Bertz CT molecular complexity index is 405. The summed E-state index contributed by atoms with van der Waals surface area (Å²) in [4.78, 5) is 11.9. The van der Waals surface area contributed by atoms with Gasteiger partial charge in [-0.15, -0.1) is 0 Å². The zero-order valence-electron chi connectivity index (χ0n) is 19.6. The fourth-order valence-corrected chi connectivity index (χ4v) is 3.64. The minimum Gasteiger partial charge on any atom is -0.457 e. The molecule has 0 bridgehead atoms. The summed E-state index contributed by atoms with van der Waals surface area (Å²) in [6.45, 7) is 0.821. The average molecular weight is 449 g/mol. The third-order valence-corrected chi connectivity index (χ3v) is 5.76. The maximum Gasteiger partial charge on any atom is 0.306 e. The van der Waals surface area contributed by atoms with Crippen LogP contribution in [0.1, 0.15) is 110 Å². The third kappa shape index (κ3) is 16.5. The summed E-state index contributed by atoms with van der Waals surface area (Å²) in [5.41, 5.74) is 0. The molecule has 0 rings (SSSR count). The molecule has 0 saturated carbocycles. The van der Waals surface area contributed by atoms with Crippen molar-refractivity contribution < 1.29 is 35.1 Å². The first-order chi connectivity index (χ1) is 15.0. The van der Waals surface area contributed by atoms with E-state index in [1.54, 1.807) is 0 Å². The summed E-state index contributed by atoms with van der Waals surface area (Å²) < 4.78 is 5.00. The molecule has 4 atom stereocenters. The van der Waals surface area contributed by atoms with Gasteiger partial charge in [-0.3, -0.25) is 4.79 Å². The van der Waals surface area contributed by atoms with Gasteiger partial charge in [-0.2, -0.15) is 0 Å². The van der Waals surface area contributed by atoms with Gasteiger partial charge in [0, 0.05) is 6.42 Å². The summed E-state index contributed by atoms with van der Waals surface area (Å²) in [6.07, 6.45) is 12.4. The molecular formula is C24H48O7. The van der Waals surface area contributed by atoms with E-state index >= 15 is 0 Å². The number of unbranched alkanes of at least 4 members (excludes halogenated alkanes) is 14. The lowest BCUT2D eigenvalue weighted by Gasteiger charge is -2.27. The SMILES string of the molecule is CCCCCCCCCCCCCCCCCC(=O)O[C@@H](CO)[C@H](O)[C@@H](O)[C@@H](O)CO. The van der Waals surface area contributed by atoms with Crippen molar-refractivity contribution in [3.63, 3.8) is 0 Å². The molecule has 0 aromatic rings. The Hall–Kier alpha value is -0.730. The summed E-state index contributed by atoms with van der Waals surface area (Å²) >= 11 is 0. The minimum absolute atomic E-state index is 0.181. The molecule has 0 fully saturated rings. The van der Waals surface area contributed by atoms with Crippen LogP contribution in [0, 0.1) is 0 Å². The first kappa shape index (κ1) is 30.3. The van der Waals surface area contributed by atoms with Crippen LogP contribution in [0.3, 0.4) is 0 Å². The number of carbonyl (C=O) groups is 1. The van der Waals surface area contributed by atoms with Crippen molar-refractivity contribution in [2.24, 2.45) is 0 Å². The Morgan fingerprint density at radius 3 is 1.45 bits per heavy atom. The molecule has 0 radical (unpaired) electrons. The summed E-state index contributed by atoms with van der Waals surface area (Å²) in [6, 6.07) is 0. The standard InChI is InChI=1S/C24H48O7/c1-2-3-4-5-6-7-8-9-10-11-12-13-14-15-16-17-22(28)31-21(19-26)24(30)23(29)20(27)18-25/h20-21,23-27,29-30H,2-19H2,1H3/t20-,21-,23-,24-/m0/s1. The van der Waals surface area contributed by atoms with Crippen LogP contribution in [0.15, 0.2) is 0 Å². The summed E-state index contributed by atoms with van der Waals surface area (Å²) in [5, 5.41) is 46.9. The van der Waals surface area contributed by atoms with E-state index in [4.69, 9.17) is 9.84 Å². The number of ether oxygens (including phenoxy) is 1. The molecule has 0 unspecified atom stereocenters. The van der Waals surface area contributed by atoms with E-state index in [9.17, 15) is 25.2 Å². The van der Waals surface area contributed by atoms with Crippen LogP contribution in [0.25, 0.3) is 0 Å². The van der Waals surface area contributed by atoms with Gasteiger partial charge in [-0.05, 0) is 6.42 Å². The van der Waals surface area contributed by atoms with Crippen molar-refractivity contribution in [2.45, 2.75) is 134 Å². The van der Waals surface area contributed by atoms with Crippen LogP contribution in [0.5, 0.6) is 0 Å². The third-order valence-electron chi connectivity index (χ3n) is 5.76. The summed E-state index contributed by atoms with van der Waals surface area (Å²) in [5.74, 6) is -0.557. The number of carbonyl (C=O) groups excluding carboxylic acids is 1. The molecule has 0 aliphatic rings. The molecule has 7 nitrogen and oxygen atoms in total. The Kier molecular flexibility index (Phi) is 20.6. The lowest BCUT2D eigenvalue weighted by atomic mass is 10.0. The van der Waals surface area contributed by atoms with Gasteiger partial charge in [-0.25, -0.2) is 0 Å². The smallest absolute Gasteiger partial charge is 0.306 e. The Labute approximate surface area is 188 Å². The summed E-state index contributed by atoms with van der Waals surface area (Å²) in [7, 11) is 0. The van der Waals surface area contributed by atoms with Gasteiger partial charge in [-0.1, -0.05) is 96.8 Å². The molecule has 5 N–H and O–H groups in total. The number of hydrogen-bond donors (Lipinski definition) is 5. The number of aliphatic hydroxyl groups excluding tert-OH is 5. The quantitative estimate of drug-likeness (QED) is 0.127. The molecule has 0 heterocycles. The van der Waals surface area contributed by atoms with E-state index in [1.165, 1.54) is 70.6 Å². The molecule has 0 aliphatic heterocycles. The van der Waals surface area contributed by atoms with Crippen molar-refractivity contribution in [1.82, 2.24) is 0 Å². The molecule has 0 saturated heterocycles. The van der Waals surface area contributed by atoms with E-state index in [0.717, 1.165) is 19.3 Å². The van der Waals surface area contributed by atoms with Gasteiger partial charge < -0.3 is 30.3 Å². The Balaban J connectivity index is 3.60. The van der Waals surface area contributed by atoms with Crippen LogP contribution in [-0.2, 0) is 9.53 Å². The molecule has 186 valence electrons.